The van der Waals surface area contributed by atoms with Crippen molar-refractivity contribution in [2.75, 3.05) is 12.8 Å². The van der Waals surface area contributed by atoms with E-state index in [0.29, 0.717) is 29.5 Å². The van der Waals surface area contributed by atoms with Crippen LogP contribution in [0.5, 0.6) is 5.88 Å². The van der Waals surface area contributed by atoms with Crippen molar-refractivity contribution in [2.45, 2.75) is 13.5 Å². The lowest BCUT2D eigenvalue weighted by atomic mass is 10.2. The number of aromatic nitrogens is 6. The van der Waals surface area contributed by atoms with Crippen molar-refractivity contribution < 1.29 is 4.74 Å². The number of nitrogen functional groups attached to an aromatic ring is 1. The summed E-state index contributed by atoms with van der Waals surface area (Å²) in [7, 11) is 3.45. The lowest BCUT2D eigenvalue weighted by Crippen LogP contribution is -2.06. The summed E-state index contributed by atoms with van der Waals surface area (Å²) in [6.45, 7) is 2.56. The number of imidazole rings is 1. The van der Waals surface area contributed by atoms with E-state index in [1.807, 2.05) is 29.4 Å². The number of nitrogens with two attached hydrogens (primary N) is 1. The zero-order valence-corrected chi connectivity index (χ0v) is 11.5. The van der Waals surface area contributed by atoms with Crippen LogP contribution in [0, 0.1) is 6.92 Å². The second-order valence-electron chi connectivity index (χ2n) is 4.49. The Hall–Kier alpha value is -2.64. The summed E-state index contributed by atoms with van der Waals surface area (Å²) in [4.78, 5) is 12.6. The second kappa shape index (κ2) is 4.48. The molecule has 104 valence electrons. The van der Waals surface area contributed by atoms with E-state index in [0.717, 1.165) is 11.3 Å². The summed E-state index contributed by atoms with van der Waals surface area (Å²) in [6, 6.07) is 0. The summed E-state index contributed by atoms with van der Waals surface area (Å²) in [6.07, 6.45) is 3.26. The zero-order valence-electron chi connectivity index (χ0n) is 11.5. The Balaban J connectivity index is 2.12. The third kappa shape index (κ3) is 1.77. The summed E-state index contributed by atoms with van der Waals surface area (Å²) < 4.78 is 8.82. The quantitative estimate of drug-likeness (QED) is 0.746. The molecule has 0 aromatic carbocycles. The van der Waals surface area contributed by atoms with Crippen LogP contribution in [0.4, 0.5) is 5.95 Å². The Bertz CT molecular complexity index is 774. The van der Waals surface area contributed by atoms with E-state index < -0.39 is 0 Å². The number of ether oxygens (including phenoxy) is 1. The van der Waals surface area contributed by atoms with Gasteiger partial charge in [-0.15, -0.1) is 0 Å². The maximum atomic E-state index is 5.98. The Morgan fingerprint density at radius 1 is 1.35 bits per heavy atom. The molecular formula is C12H15N7O. The molecule has 0 amide bonds. The highest BCUT2D eigenvalue weighted by Gasteiger charge is 2.16. The predicted molar refractivity (Wildman–Crippen MR) is 73.3 cm³/mol. The highest BCUT2D eigenvalue weighted by molar-refractivity contribution is 5.79. The Labute approximate surface area is 115 Å². The SMILES string of the molecule is COc1ncnc2c1nc(N)n2Cc1cnn(C)c1C. The van der Waals surface area contributed by atoms with Crippen molar-refractivity contribution in [2.24, 2.45) is 7.05 Å². The maximum absolute atomic E-state index is 5.98. The fourth-order valence-corrected chi connectivity index (χ4v) is 2.11. The molecule has 0 unspecified atom stereocenters. The average Bonchev–Trinajstić information content (AvgIpc) is 2.93. The first-order valence-electron chi connectivity index (χ1n) is 6.10. The monoisotopic (exact) mass is 273 g/mol. The van der Waals surface area contributed by atoms with Crippen molar-refractivity contribution in [3.8, 4) is 5.88 Å². The molecule has 0 saturated heterocycles. The number of anilines is 1. The lowest BCUT2D eigenvalue weighted by Gasteiger charge is -2.05. The molecule has 0 saturated carbocycles. The van der Waals surface area contributed by atoms with E-state index in [1.54, 1.807) is 7.11 Å². The minimum Gasteiger partial charge on any atom is -0.479 e. The topological polar surface area (TPSA) is 96.7 Å². The minimum absolute atomic E-state index is 0.377. The molecule has 3 heterocycles. The summed E-state index contributed by atoms with van der Waals surface area (Å²) >= 11 is 0. The molecule has 0 aliphatic heterocycles. The number of methoxy groups -OCH3 is 1. The van der Waals surface area contributed by atoms with Gasteiger partial charge in [-0.05, 0) is 6.92 Å². The van der Waals surface area contributed by atoms with E-state index in [-0.39, 0.29) is 0 Å². The van der Waals surface area contributed by atoms with E-state index >= 15 is 0 Å². The first-order chi connectivity index (χ1) is 9.61. The van der Waals surface area contributed by atoms with Crippen molar-refractivity contribution in [1.82, 2.24) is 29.3 Å². The molecule has 8 nitrogen and oxygen atoms in total. The molecule has 8 heteroatoms. The largest absolute Gasteiger partial charge is 0.479 e. The number of aryl methyl sites for hydroxylation is 1. The molecule has 0 spiro atoms. The fraction of sp³-hybridized carbons (Fsp3) is 0.333. The van der Waals surface area contributed by atoms with Crippen LogP contribution in [0.1, 0.15) is 11.3 Å². The van der Waals surface area contributed by atoms with Gasteiger partial charge in [0.25, 0.3) is 0 Å². The van der Waals surface area contributed by atoms with Gasteiger partial charge in [-0.25, -0.2) is 9.97 Å². The number of nitrogens with zero attached hydrogens (tertiary/aromatic N) is 6. The van der Waals surface area contributed by atoms with Gasteiger partial charge in [-0.3, -0.25) is 9.25 Å². The van der Waals surface area contributed by atoms with E-state index in [4.69, 9.17) is 10.5 Å². The van der Waals surface area contributed by atoms with Gasteiger partial charge in [0.1, 0.15) is 6.33 Å². The molecule has 0 aliphatic carbocycles. The first-order valence-corrected chi connectivity index (χ1v) is 6.10. The molecule has 0 radical (unpaired) electrons. The molecule has 2 N–H and O–H groups in total. The lowest BCUT2D eigenvalue weighted by molar-refractivity contribution is 0.401. The Morgan fingerprint density at radius 2 is 2.15 bits per heavy atom. The van der Waals surface area contributed by atoms with Crippen LogP contribution < -0.4 is 10.5 Å². The zero-order chi connectivity index (χ0) is 14.3. The van der Waals surface area contributed by atoms with Gasteiger partial charge in [-0.1, -0.05) is 0 Å². The third-order valence-corrected chi connectivity index (χ3v) is 3.39. The molecule has 0 bridgehead atoms. The third-order valence-electron chi connectivity index (χ3n) is 3.39. The van der Waals surface area contributed by atoms with E-state index in [1.165, 1.54) is 6.33 Å². The number of fused-ring (bicyclic) bond motifs is 1. The van der Waals surface area contributed by atoms with E-state index in [9.17, 15) is 0 Å². The van der Waals surface area contributed by atoms with Gasteiger partial charge in [-0.2, -0.15) is 10.1 Å². The molecule has 0 aliphatic rings. The van der Waals surface area contributed by atoms with Gasteiger partial charge >= 0.3 is 0 Å². The maximum Gasteiger partial charge on any atom is 0.245 e. The van der Waals surface area contributed by atoms with Gasteiger partial charge in [0, 0.05) is 18.3 Å². The van der Waals surface area contributed by atoms with Crippen molar-refractivity contribution in [3.05, 3.63) is 23.8 Å². The molecule has 20 heavy (non-hydrogen) atoms. The smallest absolute Gasteiger partial charge is 0.245 e. The standard InChI is InChI=1S/C12H15N7O/c1-7-8(4-16-18(7)2)5-19-10-9(17-12(19)13)11(20-3)15-6-14-10/h4,6H,5H2,1-3H3,(H2,13,17). The van der Waals surface area contributed by atoms with Crippen LogP contribution in [0.25, 0.3) is 11.2 Å². The van der Waals surface area contributed by atoms with Crippen LogP contribution in [0.15, 0.2) is 12.5 Å². The van der Waals surface area contributed by atoms with Crippen LogP contribution >= 0.6 is 0 Å². The molecule has 3 aromatic rings. The van der Waals surface area contributed by atoms with Gasteiger partial charge in [0.15, 0.2) is 11.2 Å². The van der Waals surface area contributed by atoms with Crippen molar-refractivity contribution >= 4 is 17.1 Å². The van der Waals surface area contributed by atoms with Crippen LogP contribution in [0.2, 0.25) is 0 Å². The van der Waals surface area contributed by atoms with E-state index in [2.05, 4.69) is 20.1 Å². The number of hydrogen-bond acceptors (Lipinski definition) is 6. The summed E-state index contributed by atoms with van der Waals surface area (Å²) in [5.74, 6) is 0.797. The van der Waals surface area contributed by atoms with Crippen molar-refractivity contribution in [1.29, 1.82) is 0 Å². The van der Waals surface area contributed by atoms with Crippen LogP contribution in [0.3, 0.4) is 0 Å². The number of rotatable bonds is 3. The summed E-state index contributed by atoms with van der Waals surface area (Å²) in [5, 5.41) is 4.22. The molecule has 0 atom stereocenters. The van der Waals surface area contributed by atoms with Crippen LogP contribution in [-0.2, 0) is 13.6 Å². The normalized spacial score (nSPS) is 11.2. The predicted octanol–water partition coefficient (Wildman–Crippen LogP) is 0.507. The number of hydrogen-bond donors (Lipinski definition) is 1. The fourth-order valence-electron chi connectivity index (χ4n) is 2.11. The van der Waals surface area contributed by atoms with Crippen molar-refractivity contribution in [3.63, 3.8) is 0 Å². The Kier molecular flexibility index (Phi) is 2.78. The first kappa shape index (κ1) is 12.4. The Morgan fingerprint density at radius 3 is 2.80 bits per heavy atom. The molecular weight excluding hydrogens is 258 g/mol. The highest BCUT2D eigenvalue weighted by Crippen LogP contribution is 2.24. The van der Waals surface area contributed by atoms with Gasteiger partial charge in [0.2, 0.25) is 11.8 Å². The molecule has 3 aromatic heterocycles. The second-order valence-corrected chi connectivity index (χ2v) is 4.49. The average molecular weight is 273 g/mol. The highest BCUT2D eigenvalue weighted by atomic mass is 16.5. The van der Waals surface area contributed by atoms with Gasteiger partial charge in [0.05, 0.1) is 19.9 Å². The molecule has 0 fully saturated rings. The minimum atomic E-state index is 0.377. The summed E-state index contributed by atoms with van der Waals surface area (Å²) in [5.41, 5.74) is 9.34. The van der Waals surface area contributed by atoms with Crippen LogP contribution in [-0.4, -0.2) is 36.4 Å². The van der Waals surface area contributed by atoms with Gasteiger partial charge < -0.3 is 10.5 Å². The molecule has 3 rings (SSSR count).